The quantitative estimate of drug-likeness (QED) is 0.711. The van der Waals surface area contributed by atoms with Crippen molar-refractivity contribution in [3.8, 4) is 0 Å². The number of nitrogens with one attached hydrogen (secondary N) is 1. The van der Waals surface area contributed by atoms with Crippen molar-refractivity contribution in [2.24, 2.45) is 5.73 Å². The molecule has 0 heterocycles. The monoisotopic (exact) mass is 319 g/mol. The minimum absolute atomic E-state index is 0.173. The number of nitrogens with two attached hydrogens (primary N) is 1. The van der Waals surface area contributed by atoms with Crippen LogP contribution >= 0.6 is 11.6 Å². The fourth-order valence-corrected chi connectivity index (χ4v) is 3.13. The fraction of sp³-hybridized carbons (Fsp3) is 0.538. The zero-order valence-electron chi connectivity index (χ0n) is 11.9. The van der Waals surface area contributed by atoms with E-state index in [4.69, 9.17) is 17.3 Å². The number of nitrogens with zero attached hydrogens (tertiary/aromatic N) is 1. The highest BCUT2D eigenvalue weighted by Gasteiger charge is 2.14. The molecule has 0 atom stereocenters. The Morgan fingerprint density at radius 2 is 2.00 bits per heavy atom. The standard InChI is InChI=1S/C13H22ClN3O2S/c1-17(2)8-4-3-7-16-20(18,19)12-6-5-11(10-15)13(14)9-12/h5-6,9,16H,3-4,7-8,10,15H2,1-2H3. The lowest BCUT2D eigenvalue weighted by molar-refractivity contribution is 0.394. The number of hydrogen-bond donors (Lipinski definition) is 2. The third-order valence-corrected chi connectivity index (χ3v) is 4.69. The van der Waals surface area contributed by atoms with Gasteiger partial charge in [-0.1, -0.05) is 17.7 Å². The minimum atomic E-state index is -3.50. The Labute approximate surface area is 126 Å². The summed E-state index contributed by atoms with van der Waals surface area (Å²) < 4.78 is 26.7. The molecule has 0 aliphatic heterocycles. The predicted octanol–water partition coefficient (Wildman–Crippen LogP) is 1.42. The van der Waals surface area contributed by atoms with Crippen molar-refractivity contribution in [3.63, 3.8) is 0 Å². The van der Waals surface area contributed by atoms with Crippen LogP contribution in [0.3, 0.4) is 0 Å². The largest absolute Gasteiger partial charge is 0.326 e. The van der Waals surface area contributed by atoms with E-state index in [9.17, 15) is 8.42 Å². The summed E-state index contributed by atoms with van der Waals surface area (Å²) in [6.07, 6.45) is 1.74. The molecule has 1 rings (SSSR count). The lowest BCUT2D eigenvalue weighted by atomic mass is 10.2. The van der Waals surface area contributed by atoms with Crippen LogP contribution in [0.25, 0.3) is 0 Å². The number of halogens is 1. The maximum absolute atomic E-state index is 12.1. The van der Waals surface area contributed by atoms with E-state index < -0.39 is 10.0 Å². The summed E-state index contributed by atoms with van der Waals surface area (Å²) in [6, 6.07) is 4.60. The average Bonchev–Trinajstić information content (AvgIpc) is 2.37. The van der Waals surface area contributed by atoms with Crippen molar-refractivity contribution in [2.45, 2.75) is 24.3 Å². The summed E-state index contributed by atoms with van der Waals surface area (Å²) in [7, 11) is 0.485. The summed E-state index contributed by atoms with van der Waals surface area (Å²) in [5, 5.41) is 0.378. The van der Waals surface area contributed by atoms with E-state index in [1.807, 2.05) is 14.1 Å². The maximum Gasteiger partial charge on any atom is 0.240 e. The van der Waals surface area contributed by atoms with Gasteiger partial charge in [-0.15, -0.1) is 0 Å². The third kappa shape index (κ3) is 5.38. The Morgan fingerprint density at radius 3 is 2.55 bits per heavy atom. The first-order chi connectivity index (χ1) is 9.36. The van der Waals surface area contributed by atoms with Crippen LogP contribution < -0.4 is 10.5 Å². The van der Waals surface area contributed by atoms with Crippen molar-refractivity contribution in [1.82, 2.24) is 9.62 Å². The van der Waals surface area contributed by atoms with Crippen molar-refractivity contribution in [2.75, 3.05) is 27.2 Å². The van der Waals surface area contributed by atoms with E-state index in [0.717, 1.165) is 24.9 Å². The van der Waals surface area contributed by atoms with Gasteiger partial charge in [-0.3, -0.25) is 0 Å². The van der Waals surface area contributed by atoms with Gasteiger partial charge in [0.2, 0.25) is 10.0 Å². The number of hydrogen-bond acceptors (Lipinski definition) is 4. The molecule has 0 radical (unpaired) electrons. The molecule has 3 N–H and O–H groups in total. The normalized spacial score (nSPS) is 12.1. The van der Waals surface area contributed by atoms with Crippen LogP contribution in [0, 0.1) is 0 Å². The zero-order valence-corrected chi connectivity index (χ0v) is 13.5. The predicted molar refractivity (Wildman–Crippen MR) is 82.3 cm³/mol. The summed E-state index contributed by atoms with van der Waals surface area (Å²) in [5.41, 5.74) is 6.23. The molecule has 5 nitrogen and oxygen atoms in total. The first-order valence-corrected chi connectivity index (χ1v) is 8.36. The van der Waals surface area contributed by atoms with E-state index in [2.05, 4.69) is 9.62 Å². The van der Waals surface area contributed by atoms with Gasteiger partial charge in [0.1, 0.15) is 0 Å². The van der Waals surface area contributed by atoms with Gasteiger partial charge in [0.05, 0.1) is 4.90 Å². The smallest absolute Gasteiger partial charge is 0.240 e. The van der Waals surface area contributed by atoms with Crippen LogP contribution in [0.15, 0.2) is 23.1 Å². The van der Waals surface area contributed by atoms with Crippen LogP contribution in [-0.2, 0) is 16.6 Å². The lowest BCUT2D eigenvalue weighted by Gasteiger charge is -2.10. The molecular formula is C13H22ClN3O2S. The molecule has 0 saturated heterocycles. The summed E-state index contributed by atoms with van der Waals surface area (Å²) in [6.45, 7) is 1.66. The molecule has 0 spiro atoms. The van der Waals surface area contributed by atoms with Crippen molar-refractivity contribution < 1.29 is 8.42 Å². The molecule has 0 aromatic heterocycles. The maximum atomic E-state index is 12.1. The van der Waals surface area contributed by atoms with Crippen LogP contribution in [0.4, 0.5) is 0 Å². The van der Waals surface area contributed by atoms with E-state index in [1.165, 1.54) is 12.1 Å². The number of rotatable bonds is 8. The van der Waals surface area contributed by atoms with Gasteiger partial charge in [-0.05, 0) is 51.2 Å². The molecule has 1 aromatic carbocycles. The molecule has 0 fully saturated rings. The highest BCUT2D eigenvalue weighted by atomic mass is 35.5. The van der Waals surface area contributed by atoms with Crippen LogP contribution in [0.5, 0.6) is 0 Å². The second kappa shape index (κ2) is 7.95. The summed E-state index contributed by atoms with van der Waals surface area (Å²) >= 11 is 5.98. The van der Waals surface area contributed by atoms with E-state index in [-0.39, 0.29) is 11.4 Å². The molecule has 20 heavy (non-hydrogen) atoms. The fourth-order valence-electron chi connectivity index (χ4n) is 1.70. The van der Waals surface area contributed by atoms with Gasteiger partial charge in [-0.2, -0.15) is 0 Å². The molecule has 0 bridgehead atoms. The number of sulfonamides is 1. The van der Waals surface area contributed by atoms with E-state index in [0.29, 0.717) is 11.6 Å². The van der Waals surface area contributed by atoms with Crippen molar-refractivity contribution in [1.29, 1.82) is 0 Å². The van der Waals surface area contributed by atoms with Gasteiger partial charge in [0.25, 0.3) is 0 Å². The molecule has 0 saturated carbocycles. The Morgan fingerprint density at radius 1 is 1.30 bits per heavy atom. The molecule has 0 unspecified atom stereocenters. The number of benzene rings is 1. The van der Waals surface area contributed by atoms with Crippen molar-refractivity contribution >= 4 is 21.6 Å². The first-order valence-electron chi connectivity index (χ1n) is 6.49. The SMILES string of the molecule is CN(C)CCCCNS(=O)(=O)c1ccc(CN)c(Cl)c1. The third-order valence-electron chi connectivity index (χ3n) is 2.88. The molecule has 1 aromatic rings. The highest BCUT2D eigenvalue weighted by Crippen LogP contribution is 2.20. The molecule has 0 aliphatic carbocycles. The van der Waals surface area contributed by atoms with E-state index in [1.54, 1.807) is 6.07 Å². The van der Waals surface area contributed by atoms with Gasteiger partial charge in [-0.25, -0.2) is 13.1 Å². The number of unbranched alkanes of at least 4 members (excludes halogenated alkanes) is 1. The molecule has 0 aliphatic rings. The second-order valence-electron chi connectivity index (χ2n) is 4.87. The lowest BCUT2D eigenvalue weighted by Crippen LogP contribution is -2.25. The topological polar surface area (TPSA) is 75.4 Å². The van der Waals surface area contributed by atoms with Gasteiger partial charge in [0.15, 0.2) is 0 Å². The summed E-state index contributed by atoms with van der Waals surface area (Å²) in [4.78, 5) is 2.24. The first kappa shape index (κ1) is 17.4. The molecule has 7 heteroatoms. The molecule has 114 valence electrons. The Balaban J connectivity index is 2.58. The van der Waals surface area contributed by atoms with Gasteiger partial charge >= 0.3 is 0 Å². The zero-order chi connectivity index (χ0) is 15.2. The van der Waals surface area contributed by atoms with E-state index >= 15 is 0 Å². The van der Waals surface area contributed by atoms with Crippen LogP contribution in [0.2, 0.25) is 5.02 Å². The Bertz CT molecular complexity index is 532. The Hall–Kier alpha value is -0.660. The minimum Gasteiger partial charge on any atom is -0.326 e. The molecular weight excluding hydrogens is 298 g/mol. The Kier molecular flexibility index (Phi) is 6.91. The van der Waals surface area contributed by atoms with Crippen molar-refractivity contribution in [3.05, 3.63) is 28.8 Å². The van der Waals surface area contributed by atoms with Gasteiger partial charge < -0.3 is 10.6 Å². The molecule has 0 amide bonds. The summed E-state index contributed by atoms with van der Waals surface area (Å²) in [5.74, 6) is 0. The van der Waals surface area contributed by atoms with Crippen LogP contribution in [-0.4, -0.2) is 40.5 Å². The van der Waals surface area contributed by atoms with Gasteiger partial charge in [0, 0.05) is 18.1 Å². The average molecular weight is 320 g/mol. The van der Waals surface area contributed by atoms with Crippen LogP contribution in [0.1, 0.15) is 18.4 Å². The second-order valence-corrected chi connectivity index (χ2v) is 7.04. The highest BCUT2D eigenvalue weighted by molar-refractivity contribution is 7.89.